The topological polar surface area (TPSA) is 46.9 Å². The Balaban J connectivity index is 1.66. The van der Waals surface area contributed by atoms with Gasteiger partial charge in [0.15, 0.2) is 0 Å². The average molecular weight is 255 g/mol. The van der Waals surface area contributed by atoms with Crippen LogP contribution in [0.5, 0.6) is 0 Å². The number of hydrogen-bond acceptors (Lipinski definition) is 2. The molecule has 1 fully saturated rings. The Morgan fingerprint density at radius 1 is 1.47 bits per heavy atom. The van der Waals surface area contributed by atoms with Crippen LogP contribution in [0.2, 0.25) is 0 Å². The summed E-state index contributed by atoms with van der Waals surface area (Å²) >= 11 is 0. The number of aryl methyl sites for hydroxylation is 1. The molecule has 0 unspecified atom stereocenters. The Morgan fingerprint density at radius 3 is 3.05 bits per heavy atom. The molecule has 1 aliphatic rings. The molecule has 98 valence electrons. The highest BCUT2D eigenvalue weighted by atomic mass is 16.1. The highest BCUT2D eigenvalue weighted by molar-refractivity contribution is 6.04. The number of rotatable bonds is 4. The fraction of sp³-hybridized carbons (Fsp3) is 0.333. The minimum absolute atomic E-state index is 0.0883. The molecule has 1 aromatic carbocycles. The first-order valence-corrected chi connectivity index (χ1v) is 6.61. The normalized spacial score (nSPS) is 14.4. The van der Waals surface area contributed by atoms with Crippen LogP contribution < -0.4 is 5.32 Å². The fourth-order valence-electron chi connectivity index (χ4n) is 2.08. The third kappa shape index (κ3) is 3.02. The second kappa shape index (κ2) is 4.88. The van der Waals surface area contributed by atoms with E-state index in [1.807, 2.05) is 42.1 Å². The maximum Gasteiger partial charge on any atom is 0.255 e. The maximum absolute atomic E-state index is 12.1. The van der Waals surface area contributed by atoms with E-state index in [-0.39, 0.29) is 5.91 Å². The van der Waals surface area contributed by atoms with Crippen LogP contribution in [-0.4, -0.2) is 15.7 Å². The zero-order valence-corrected chi connectivity index (χ0v) is 11.0. The van der Waals surface area contributed by atoms with Gasteiger partial charge in [-0.25, -0.2) is 0 Å². The molecule has 1 amide bonds. The van der Waals surface area contributed by atoms with Crippen molar-refractivity contribution in [3.8, 4) is 0 Å². The van der Waals surface area contributed by atoms with E-state index in [1.165, 1.54) is 12.8 Å². The molecule has 3 rings (SSSR count). The molecule has 0 atom stereocenters. The summed E-state index contributed by atoms with van der Waals surface area (Å²) in [5, 5.41) is 7.14. The third-order valence-corrected chi connectivity index (χ3v) is 3.31. The summed E-state index contributed by atoms with van der Waals surface area (Å²) in [6, 6.07) is 7.56. The maximum atomic E-state index is 12.1. The van der Waals surface area contributed by atoms with Crippen LogP contribution in [0.3, 0.4) is 0 Å². The zero-order chi connectivity index (χ0) is 13.2. The van der Waals surface area contributed by atoms with Gasteiger partial charge in [0.1, 0.15) is 0 Å². The number of amides is 1. The molecule has 1 aliphatic carbocycles. The lowest BCUT2D eigenvalue weighted by Crippen LogP contribution is -2.11. The SMILES string of the molecule is Cc1cccc(C(=O)Nc2cnn(CC3CC3)c2)c1. The van der Waals surface area contributed by atoms with Gasteiger partial charge < -0.3 is 5.32 Å². The van der Waals surface area contributed by atoms with Gasteiger partial charge in [0.2, 0.25) is 0 Å². The van der Waals surface area contributed by atoms with Gasteiger partial charge in [-0.1, -0.05) is 17.7 Å². The summed E-state index contributed by atoms with van der Waals surface area (Å²) in [5.41, 5.74) is 2.51. The summed E-state index contributed by atoms with van der Waals surface area (Å²) in [4.78, 5) is 12.1. The first-order valence-electron chi connectivity index (χ1n) is 6.61. The van der Waals surface area contributed by atoms with Crippen molar-refractivity contribution in [3.05, 3.63) is 47.8 Å². The number of nitrogens with one attached hydrogen (secondary N) is 1. The Morgan fingerprint density at radius 2 is 2.32 bits per heavy atom. The van der Waals surface area contributed by atoms with E-state index in [0.717, 1.165) is 23.7 Å². The minimum Gasteiger partial charge on any atom is -0.319 e. The van der Waals surface area contributed by atoms with Crippen molar-refractivity contribution in [1.29, 1.82) is 0 Å². The van der Waals surface area contributed by atoms with Crippen LogP contribution in [0, 0.1) is 12.8 Å². The van der Waals surface area contributed by atoms with E-state index in [0.29, 0.717) is 5.56 Å². The first kappa shape index (κ1) is 12.0. The minimum atomic E-state index is -0.0883. The predicted molar refractivity (Wildman–Crippen MR) is 74.1 cm³/mol. The van der Waals surface area contributed by atoms with Crippen molar-refractivity contribution < 1.29 is 4.79 Å². The van der Waals surface area contributed by atoms with Crippen LogP contribution in [0.4, 0.5) is 5.69 Å². The lowest BCUT2D eigenvalue weighted by atomic mass is 10.1. The lowest BCUT2D eigenvalue weighted by molar-refractivity contribution is 0.102. The summed E-state index contributed by atoms with van der Waals surface area (Å²) < 4.78 is 1.91. The first-order chi connectivity index (χ1) is 9.20. The number of benzene rings is 1. The molecule has 0 bridgehead atoms. The van der Waals surface area contributed by atoms with Crippen LogP contribution >= 0.6 is 0 Å². The van der Waals surface area contributed by atoms with Gasteiger partial charge in [-0.15, -0.1) is 0 Å². The predicted octanol–water partition coefficient (Wildman–Crippen LogP) is 2.85. The molecule has 2 aromatic rings. The number of hydrogen-bond donors (Lipinski definition) is 1. The summed E-state index contributed by atoms with van der Waals surface area (Å²) in [6.45, 7) is 2.94. The third-order valence-electron chi connectivity index (χ3n) is 3.31. The van der Waals surface area contributed by atoms with Crippen molar-refractivity contribution >= 4 is 11.6 Å². The summed E-state index contributed by atoms with van der Waals surface area (Å²) in [5.74, 6) is 0.690. The van der Waals surface area contributed by atoms with Gasteiger partial charge in [-0.3, -0.25) is 9.48 Å². The molecule has 1 saturated carbocycles. The second-order valence-electron chi connectivity index (χ2n) is 5.22. The Labute approximate surface area is 112 Å². The van der Waals surface area contributed by atoms with Crippen molar-refractivity contribution in [2.75, 3.05) is 5.32 Å². The standard InChI is InChI=1S/C15H17N3O/c1-11-3-2-4-13(7-11)15(19)17-14-8-16-18(10-14)9-12-5-6-12/h2-4,7-8,10,12H,5-6,9H2,1H3,(H,17,19). The molecule has 4 heteroatoms. The van der Waals surface area contributed by atoms with Crippen molar-refractivity contribution in [2.45, 2.75) is 26.3 Å². The fourth-order valence-corrected chi connectivity index (χ4v) is 2.08. The zero-order valence-electron chi connectivity index (χ0n) is 11.0. The highest BCUT2D eigenvalue weighted by Crippen LogP contribution is 2.30. The number of carbonyl (C=O) groups is 1. The molecule has 0 aliphatic heterocycles. The van der Waals surface area contributed by atoms with Crippen LogP contribution in [-0.2, 0) is 6.54 Å². The molecule has 1 aromatic heterocycles. The number of anilines is 1. The molecule has 4 nitrogen and oxygen atoms in total. The molecule has 1 N–H and O–H groups in total. The van der Waals surface area contributed by atoms with Crippen LogP contribution in [0.1, 0.15) is 28.8 Å². The van der Waals surface area contributed by atoms with Crippen LogP contribution in [0.25, 0.3) is 0 Å². The smallest absolute Gasteiger partial charge is 0.255 e. The van der Waals surface area contributed by atoms with E-state index >= 15 is 0 Å². The van der Waals surface area contributed by atoms with E-state index in [1.54, 1.807) is 6.20 Å². The van der Waals surface area contributed by atoms with Crippen molar-refractivity contribution in [1.82, 2.24) is 9.78 Å². The molecule has 0 spiro atoms. The molecular formula is C15H17N3O. The number of aromatic nitrogens is 2. The van der Waals surface area contributed by atoms with Crippen molar-refractivity contribution in [3.63, 3.8) is 0 Å². The largest absolute Gasteiger partial charge is 0.319 e. The molecule has 1 heterocycles. The van der Waals surface area contributed by atoms with Gasteiger partial charge in [-0.2, -0.15) is 5.10 Å². The van der Waals surface area contributed by atoms with Gasteiger partial charge in [0.25, 0.3) is 5.91 Å². The van der Waals surface area contributed by atoms with Gasteiger partial charge >= 0.3 is 0 Å². The van der Waals surface area contributed by atoms with Gasteiger partial charge in [-0.05, 0) is 37.8 Å². The monoisotopic (exact) mass is 255 g/mol. The van der Waals surface area contributed by atoms with Crippen molar-refractivity contribution in [2.24, 2.45) is 5.92 Å². The Bertz CT molecular complexity index is 599. The quantitative estimate of drug-likeness (QED) is 0.913. The summed E-state index contributed by atoms with van der Waals surface area (Å²) in [6.07, 6.45) is 6.19. The van der Waals surface area contributed by atoms with E-state index in [9.17, 15) is 4.79 Å². The van der Waals surface area contributed by atoms with Gasteiger partial charge in [0, 0.05) is 18.3 Å². The molecule has 0 radical (unpaired) electrons. The number of carbonyl (C=O) groups excluding carboxylic acids is 1. The van der Waals surface area contributed by atoms with Crippen LogP contribution in [0.15, 0.2) is 36.7 Å². The Hall–Kier alpha value is -2.10. The Kier molecular flexibility index (Phi) is 3.07. The summed E-state index contributed by atoms with van der Waals surface area (Å²) in [7, 11) is 0. The number of nitrogens with zero attached hydrogens (tertiary/aromatic N) is 2. The second-order valence-corrected chi connectivity index (χ2v) is 5.22. The molecule has 19 heavy (non-hydrogen) atoms. The lowest BCUT2D eigenvalue weighted by Gasteiger charge is -2.03. The molecular weight excluding hydrogens is 238 g/mol. The van der Waals surface area contributed by atoms with E-state index in [4.69, 9.17) is 0 Å². The van der Waals surface area contributed by atoms with E-state index in [2.05, 4.69) is 10.4 Å². The van der Waals surface area contributed by atoms with Gasteiger partial charge in [0.05, 0.1) is 11.9 Å². The average Bonchev–Trinajstić information content (AvgIpc) is 3.09. The van der Waals surface area contributed by atoms with E-state index < -0.39 is 0 Å². The molecule has 0 saturated heterocycles. The highest BCUT2D eigenvalue weighted by Gasteiger charge is 2.22.